The Morgan fingerprint density at radius 3 is 2.82 bits per heavy atom. The summed E-state index contributed by atoms with van der Waals surface area (Å²) >= 11 is 7.52. The fourth-order valence-electron chi connectivity index (χ4n) is 3.63. The molecule has 4 rings (SSSR count). The summed E-state index contributed by atoms with van der Waals surface area (Å²) in [6.45, 7) is 5.78. The van der Waals surface area contributed by atoms with Gasteiger partial charge in [0.05, 0.1) is 36.5 Å². The lowest BCUT2D eigenvalue weighted by atomic mass is 9.94. The Morgan fingerprint density at radius 1 is 1.33 bits per heavy atom. The third kappa shape index (κ3) is 5.07. The van der Waals surface area contributed by atoms with Crippen LogP contribution in [-0.2, 0) is 20.9 Å². The van der Waals surface area contributed by atoms with Crippen molar-refractivity contribution in [3.63, 3.8) is 0 Å². The highest BCUT2D eigenvalue weighted by Crippen LogP contribution is 2.44. The van der Waals surface area contributed by atoms with Crippen molar-refractivity contribution in [2.24, 2.45) is 4.99 Å². The van der Waals surface area contributed by atoms with E-state index in [9.17, 15) is 9.59 Å². The van der Waals surface area contributed by atoms with Crippen molar-refractivity contribution in [1.29, 1.82) is 0 Å². The Labute approximate surface area is 200 Å². The van der Waals surface area contributed by atoms with Gasteiger partial charge in [-0.2, -0.15) is 0 Å². The summed E-state index contributed by atoms with van der Waals surface area (Å²) in [6.07, 6.45) is 3.19. The minimum atomic E-state index is -0.508. The van der Waals surface area contributed by atoms with Crippen LogP contribution >= 0.6 is 23.4 Å². The maximum absolute atomic E-state index is 13.0. The summed E-state index contributed by atoms with van der Waals surface area (Å²) < 4.78 is 10.6. The lowest BCUT2D eigenvalue weighted by Gasteiger charge is -2.36. The van der Waals surface area contributed by atoms with E-state index in [-0.39, 0.29) is 18.9 Å². The molecule has 0 spiro atoms. The van der Waals surface area contributed by atoms with Crippen LogP contribution in [0.4, 0.5) is 0 Å². The summed E-state index contributed by atoms with van der Waals surface area (Å²) in [5.41, 5.74) is 2.55. The molecule has 2 aromatic rings. The monoisotopic (exact) mass is 483 g/mol. The highest BCUT2D eigenvalue weighted by Gasteiger charge is 2.41. The van der Waals surface area contributed by atoms with E-state index < -0.39 is 12.0 Å². The van der Waals surface area contributed by atoms with E-state index in [2.05, 4.69) is 16.9 Å². The van der Waals surface area contributed by atoms with Gasteiger partial charge in [-0.3, -0.25) is 4.79 Å². The minimum Gasteiger partial charge on any atom is -0.467 e. The van der Waals surface area contributed by atoms with Crippen molar-refractivity contribution >= 4 is 40.4 Å². The quantitative estimate of drug-likeness (QED) is 0.422. The molecule has 1 amide bonds. The second kappa shape index (κ2) is 10.1. The number of carbonyl (C=O) groups excluding carboxylic acids is 2. The molecule has 9 heteroatoms. The van der Waals surface area contributed by atoms with Crippen LogP contribution in [0.1, 0.15) is 30.7 Å². The number of furan rings is 1. The van der Waals surface area contributed by atoms with Gasteiger partial charge in [-0.25, -0.2) is 9.79 Å². The molecule has 0 saturated carbocycles. The zero-order valence-electron chi connectivity index (χ0n) is 17.9. The number of benzene rings is 1. The molecule has 0 radical (unpaired) electrons. The van der Waals surface area contributed by atoms with Crippen molar-refractivity contribution in [1.82, 2.24) is 10.2 Å². The number of hydrogen-bond acceptors (Lipinski definition) is 7. The third-order valence-electron chi connectivity index (χ3n) is 5.12. The summed E-state index contributed by atoms with van der Waals surface area (Å²) in [7, 11) is 0. The fraction of sp³-hybridized carbons (Fsp3) is 0.208. The van der Waals surface area contributed by atoms with Gasteiger partial charge in [0.1, 0.15) is 12.4 Å². The number of hydrogen-bond donors (Lipinski definition) is 1. The van der Waals surface area contributed by atoms with E-state index in [1.165, 1.54) is 17.8 Å². The summed E-state index contributed by atoms with van der Waals surface area (Å²) in [5.74, 6) is 0.0216. The van der Waals surface area contributed by atoms with Crippen molar-refractivity contribution in [2.75, 3.05) is 6.61 Å². The van der Waals surface area contributed by atoms with Crippen LogP contribution in [0.15, 0.2) is 87.1 Å². The maximum Gasteiger partial charge on any atom is 0.338 e. The predicted molar refractivity (Wildman–Crippen MR) is 128 cm³/mol. The van der Waals surface area contributed by atoms with E-state index in [4.69, 9.17) is 20.8 Å². The van der Waals surface area contributed by atoms with Gasteiger partial charge in [0.25, 0.3) is 0 Å². The molecule has 1 atom stereocenters. The van der Waals surface area contributed by atoms with Crippen molar-refractivity contribution in [3.8, 4) is 0 Å². The van der Waals surface area contributed by atoms with Crippen LogP contribution < -0.4 is 5.32 Å². The van der Waals surface area contributed by atoms with Gasteiger partial charge in [-0.1, -0.05) is 48.2 Å². The van der Waals surface area contributed by atoms with Crippen molar-refractivity contribution < 1.29 is 18.7 Å². The largest absolute Gasteiger partial charge is 0.467 e. The second-order valence-electron chi connectivity index (χ2n) is 7.36. The molecule has 2 aliphatic heterocycles. The zero-order valence-corrected chi connectivity index (χ0v) is 19.5. The number of rotatable bonds is 8. The number of carbonyl (C=O) groups is 2. The topological polar surface area (TPSA) is 84.1 Å². The first-order valence-electron chi connectivity index (χ1n) is 10.2. The second-order valence-corrected chi connectivity index (χ2v) is 8.64. The molecule has 2 aliphatic rings. The first-order chi connectivity index (χ1) is 16.0. The van der Waals surface area contributed by atoms with E-state index in [0.717, 1.165) is 11.3 Å². The maximum atomic E-state index is 13.0. The molecular weight excluding hydrogens is 462 g/mol. The van der Waals surface area contributed by atoms with Crippen LogP contribution in [0.2, 0.25) is 5.02 Å². The van der Waals surface area contributed by atoms with Gasteiger partial charge < -0.3 is 19.4 Å². The number of ether oxygens (including phenoxy) is 1. The standard InChI is InChI=1S/C24H22ClN3O4S/c1-3-10-32-23(30)21-15(2)27-24-28(22(21)16-6-8-17(25)9-7-16)18(14-33-24)12-20(29)26-13-19-5-4-11-31-19/h3-9,11,14,22H,1,10,12-13H2,2H3,(H,26,29). The Hall–Kier alpha value is -3.23. The molecule has 170 valence electrons. The predicted octanol–water partition coefficient (Wildman–Crippen LogP) is 4.94. The van der Waals surface area contributed by atoms with E-state index in [0.29, 0.717) is 33.8 Å². The van der Waals surface area contributed by atoms with E-state index in [1.807, 2.05) is 22.4 Å². The van der Waals surface area contributed by atoms with Gasteiger partial charge in [0, 0.05) is 10.7 Å². The number of halogens is 1. The number of amides is 1. The normalized spacial score (nSPS) is 17.3. The average molecular weight is 484 g/mol. The van der Waals surface area contributed by atoms with Crippen LogP contribution in [-0.4, -0.2) is 28.6 Å². The Kier molecular flexibility index (Phi) is 7.05. The van der Waals surface area contributed by atoms with Crippen molar-refractivity contribution in [3.05, 3.63) is 94.0 Å². The number of allylic oxidation sites excluding steroid dienone is 1. The highest BCUT2D eigenvalue weighted by atomic mass is 35.5. The molecule has 0 saturated heterocycles. The van der Waals surface area contributed by atoms with E-state index >= 15 is 0 Å². The summed E-state index contributed by atoms with van der Waals surface area (Å²) in [6, 6.07) is 10.3. The number of nitrogens with zero attached hydrogens (tertiary/aromatic N) is 2. The fourth-order valence-corrected chi connectivity index (χ4v) is 4.72. The number of aliphatic imine (C=N–C) groups is 1. The van der Waals surface area contributed by atoms with Gasteiger partial charge in [0.15, 0.2) is 5.17 Å². The van der Waals surface area contributed by atoms with Crippen LogP contribution in [0.5, 0.6) is 0 Å². The molecule has 0 fully saturated rings. The molecule has 0 bridgehead atoms. The average Bonchev–Trinajstić information content (AvgIpc) is 3.46. The van der Waals surface area contributed by atoms with Gasteiger partial charge in [-0.15, -0.1) is 0 Å². The molecule has 1 aromatic carbocycles. The molecular formula is C24H22ClN3O4S. The number of thioether (sulfide) groups is 1. The highest BCUT2D eigenvalue weighted by molar-refractivity contribution is 8.16. The molecule has 1 aromatic heterocycles. The zero-order chi connectivity index (χ0) is 23.4. The summed E-state index contributed by atoms with van der Waals surface area (Å²) in [5, 5.41) is 6.03. The number of esters is 1. The van der Waals surface area contributed by atoms with Crippen LogP contribution in [0.3, 0.4) is 0 Å². The van der Waals surface area contributed by atoms with Crippen LogP contribution in [0.25, 0.3) is 0 Å². The first-order valence-corrected chi connectivity index (χ1v) is 11.5. The number of amidine groups is 1. The smallest absolute Gasteiger partial charge is 0.338 e. The van der Waals surface area contributed by atoms with Gasteiger partial charge >= 0.3 is 5.97 Å². The number of nitrogens with one attached hydrogen (secondary N) is 1. The first kappa shape index (κ1) is 22.9. The van der Waals surface area contributed by atoms with E-state index in [1.54, 1.807) is 37.5 Å². The third-order valence-corrected chi connectivity index (χ3v) is 6.26. The molecule has 3 heterocycles. The van der Waals surface area contributed by atoms with Crippen LogP contribution in [0, 0.1) is 0 Å². The molecule has 7 nitrogen and oxygen atoms in total. The SMILES string of the molecule is C=CCOC(=O)C1=C(C)N=C2SC=C(CC(=O)NCc3ccco3)N2C1c1ccc(Cl)cc1. The lowest BCUT2D eigenvalue weighted by Crippen LogP contribution is -2.38. The minimum absolute atomic E-state index is 0.0894. The molecule has 1 N–H and O–H groups in total. The Morgan fingerprint density at radius 2 is 2.12 bits per heavy atom. The van der Waals surface area contributed by atoms with Crippen molar-refractivity contribution in [2.45, 2.75) is 25.9 Å². The Balaban J connectivity index is 1.62. The lowest BCUT2D eigenvalue weighted by molar-refractivity contribution is -0.138. The van der Waals surface area contributed by atoms with Gasteiger partial charge in [0.2, 0.25) is 5.91 Å². The van der Waals surface area contributed by atoms with Gasteiger partial charge in [-0.05, 0) is 42.2 Å². The molecule has 33 heavy (non-hydrogen) atoms. The molecule has 1 unspecified atom stereocenters. The Bertz CT molecular complexity index is 1150. The summed E-state index contributed by atoms with van der Waals surface area (Å²) in [4.78, 5) is 32.2. The molecule has 0 aliphatic carbocycles. The number of fused-ring (bicyclic) bond motifs is 1.